The van der Waals surface area contributed by atoms with Gasteiger partial charge >= 0.3 is 18.2 Å². The number of alkyl carbamates (subject to hydrolysis) is 1. The summed E-state index contributed by atoms with van der Waals surface area (Å²) in [6, 6.07) is 17.1. The number of esters is 1. The molecule has 2 aromatic carbocycles. The first-order valence-corrected chi connectivity index (χ1v) is 9.33. The second-order valence-corrected chi connectivity index (χ2v) is 6.82. The van der Waals surface area contributed by atoms with Gasteiger partial charge in [-0.15, -0.1) is 0 Å². The maximum absolute atomic E-state index is 12.4. The first kappa shape index (κ1) is 21.9. The molecule has 1 N–H and O–H groups in total. The molecular weight excluding hydrogens is 374 g/mol. The molecule has 0 aliphatic heterocycles. The molecule has 0 saturated carbocycles. The van der Waals surface area contributed by atoms with Gasteiger partial charge in [0.05, 0.1) is 6.61 Å². The van der Waals surface area contributed by atoms with Crippen molar-refractivity contribution < 1.29 is 28.6 Å². The van der Waals surface area contributed by atoms with Gasteiger partial charge in [0.1, 0.15) is 12.6 Å². The highest BCUT2D eigenvalue weighted by molar-refractivity contribution is 5.88. The lowest BCUT2D eigenvalue weighted by Gasteiger charge is -2.17. The lowest BCUT2D eigenvalue weighted by Crippen LogP contribution is -2.44. The predicted octanol–water partition coefficient (Wildman–Crippen LogP) is 3.86. The second-order valence-electron chi connectivity index (χ2n) is 6.82. The quantitative estimate of drug-likeness (QED) is 0.535. The van der Waals surface area contributed by atoms with Gasteiger partial charge in [0, 0.05) is 6.42 Å². The fourth-order valence-corrected chi connectivity index (χ4v) is 2.37. The lowest BCUT2D eigenvalue weighted by atomic mass is 10.1. The van der Waals surface area contributed by atoms with Crippen LogP contribution in [0, 0.1) is 5.92 Å². The Morgan fingerprint density at radius 3 is 2.03 bits per heavy atom. The van der Waals surface area contributed by atoms with Gasteiger partial charge in [-0.2, -0.15) is 0 Å². The number of amides is 1. The summed E-state index contributed by atoms with van der Waals surface area (Å²) >= 11 is 0. The fraction of sp³-hybridized carbons (Fsp3) is 0.318. The van der Waals surface area contributed by atoms with Crippen LogP contribution < -0.4 is 5.32 Å². The number of carbonyl (C=O) groups is 3. The topological polar surface area (TPSA) is 90.9 Å². The van der Waals surface area contributed by atoms with Crippen molar-refractivity contribution in [2.45, 2.75) is 32.9 Å². The van der Waals surface area contributed by atoms with Crippen molar-refractivity contribution in [3.8, 4) is 0 Å². The van der Waals surface area contributed by atoms with Gasteiger partial charge in [-0.1, -0.05) is 74.5 Å². The standard InChI is InChI=1S/C22H25NO6/c1-16(2)14-28-22(26)29-20(24)19(13-17-9-5-3-6-10-17)23-21(25)27-15-18-11-7-4-8-12-18/h3-12,16,19H,13-15H2,1-2H3,(H,23,25)/t19-/m0/s1. The van der Waals surface area contributed by atoms with Crippen LogP contribution in [0.15, 0.2) is 60.7 Å². The molecule has 7 heteroatoms. The molecule has 29 heavy (non-hydrogen) atoms. The largest absolute Gasteiger partial charge is 0.516 e. The normalized spacial score (nSPS) is 11.4. The Morgan fingerprint density at radius 2 is 1.45 bits per heavy atom. The fourth-order valence-electron chi connectivity index (χ4n) is 2.37. The van der Waals surface area contributed by atoms with Crippen LogP contribution in [0.25, 0.3) is 0 Å². The molecule has 0 radical (unpaired) electrons. The number of nitrogens with one attached hydrogen (secondary N) is 1. The molecular formula is C22H25NO6. The highest BCUT2D eigenvalue weighted by Gasteiger charge is 2.26. The van der Waals surface area contributed by atoms with E-state index in [-0.39, 0.29) is 25.6 Å². The third-order valence-electron chi connectivity index (χ3n) is 3.79. The highest BCUT2D eigenvalue weighted by Crippen LogP contribution is 2.07. The van der Waals surface area contributed by atoms with Crippen molar-refractivity contribution in [1.82, 2.24) is 5.32 Å². The Kier molecular flexibility index (Phi) is 8.69. The maximum Gasteiger partial charge on any atom is 0.516 e. The van der Waals surface area contributed by atoms with Crippen LogP contribution in [0.2, 0.25) is 0 Å². The van der Waals surface area contributed by atoms with Crippen LogP contribution in [0.5, 0.6) is 0 Å². The molecule has 0 aromatic heterocycles. The third-order valence-corrected chi connectivity index (χ3v) is 3.79. The van der Waals surface area contributed by atoms with Crippen molar-refractivity contribution in [3.63, 3.8) is 0 Å². The van der Waals surface area contributed by atoms with Gasteiger partial charge in [0.2, 0.25) is 0 Å². The van der Waals surface area contributed by atoms with Crippen molar-refractivity contribution in [3.05, 3.63) is 71.8 Å². The number of hydrogen-bond donors (Lipinski definition) is 1. The minimum absolute atomic E-state index is 0.0518. The van der Waals surface area contributed by atoms with Crippen molar-refractivity contribution in [1.29, 1.82) is 0 Å². The van der Waals surface area contributed by atoms with E-state index in [1.54, 1.807) is 12.1 Å². The zero-order valence-electron chi connectivity index (χ0n) is 16.5. The molecule has 1 amide bonds. The molecule has 7 nitrogen and oxygen atoms in total. The van der Waals surface area contributed by atoms with E-state index < -0.39 is 24.3 Å². The first-order valence-electron chi connectivity index (χ1n) is 9.33. The van der Waals surface area contributed by atoms with Crippen molar-refractivity contribution in [2.24, 2.45) is 5.92 Å². The second kappa shape index (κ2) is 11.5. The molecule has 1 atom stereocenters. The number of hydrogen-bond acceptors (Lipinski definition) is 6. The summed E-state index contributed by atoms with van der Waals surface area (Å²) in [5.74, 6) is -0.817. The van der Waals surface area contributed by atoms with Crippen molar-refractivity contribution >= 4 is 18.2 Å². The van der Waals surface area contributed by atoms with Gasteiger partial charge in [0.15, 0.2) is 0 Å². The molecule has 0 aliphatic carbocycles. The maximum atomic E-state index is 12.4. The summed E-state index contributed by atoms with van der Waals surface area (Å²) in [7, 11) is 0. The molecule has 0 unspecified atom stereocenters. The number of carbonyl (C=O) groups excluding carboxylic acids is 3. The predicted molar refractivity (Wildman–Crippen MR) is 106 cm³/mol. The monoisotopic (exact) mass is 399 g/mol. The van der Waals surface area contributed by atoms with E-state index in [1.807, 2.05) is 62.4 Å². The van der Waals surface area contributed by atoms with Crippen molar-refractivity contribution in [2.75, 3.05) is 6.61 Å². The summed E-state index contributed by atoms with van der Waals surface area (Å²) in [4.78, 5) is 36.3. The Morgan fingerprint density at radius 1 is 0.862 bits per heavy atom. The Labute approximate surface area is 170 Å². The third kappa shape index (κ3) is 8.47. The van der Waals surface area contributed by atoms with E-state index in [0.29, 0.717) is 0 Å². The Bertz CT molecular complexity index is 791. The average Bonchev–Trinajstić information content (AvgIpc) is 2.72. The molecule has 2 rings (SSSR count). The average molecular weight is 399 g/mol. The van der Waals surface area contributed by atoms with Crippen LogP contribution in [0.3, 0.4) is 0 Å². The van der Waals surface area contributed by atoms with Gasteiger partial charge in [-0.3, -0.25) is 0 Å². The number of ether oxygens (including phenoxy) is 3. The van der Waals surface area contributed by atoms with Crippen LogP contribution >= 0.6 is 0 Å². The van der Waals surface area contributed by atoms with E-state index in [9.17, 15) is 14.4 Å². The SMILES string of the molecule is CC(C)COC(=O)OC(=O)[C@H](Cc1ccccc1)NC(=O)OCc1ccccc1. The zero-order valence-corrected chi connectivity index (χ0v) is 16.5. The molecule has 0 aliphatic rings. The Balaban J connectivity index is 1.97. The van der Waals surface area contributed by atoms with Crippen LogP contribution in [-0.4, -0.2) is 30.9 Å². The van der Waals surface area contributed by atoms with E-state index in [1.165, 1.54) is 0 Å². The molecule has 154 valence electrons. The highest BCUT2D eigenvalue weighted by atomic mass is 16.7. The van der Waals surface area contributed by atoms with Crippen LogP contribution in [-0.2, 0) is 32.0 Å². The van der Waals surface area contributed by atoms with Gasteiger partial charge < -0.3 is 19.5 Å². The van der Waals surface area contributed by atoms with Gasteiger partial charge in [0.25, 0.3) is 0 Å². The lowest BCUT2D eigenvalue weighted by molar-refractivity contribution is -0.142. The Hall–Kier alpha value is -3.35. The molecule has 2 aromatic rings. The van der Waals surface area contributed by atoms with Crippen LogP contribution in [0.1, 0.15) is 25.0 Å². The zero-order chi connectivity index (χ0) is 21.1. The summed E-state index contributed by atoms with van der Waals surface area (Å²) in [5.41, 5.74) is 1.59. The van der Waals surface area contributed by atoms with Gasteiger partial charge in [-0.25, -0.2) is 14.4 Å². The summed E-state index contributed by atoms with van der Waals surface area (Å²) in [6.45, 7) is 3.90. The summed E-state index contributed by atoms with van der Waals surface area (Å²) in [5, 5.41) is 2.46. The minimum atomic E-state index is -1.10. The van der Waals surface area contributed by atoms with E-state index >= 15 is 0 Å². The molecule has 0 spiro atoms. The van der Waals surface area contributed by atoms with Crippen LogP contribution in [0.4, 0.5) is 9.59 Å². The van der Waals surface area contributed by atoms with Gasteiger partial charge in [-0.05, 0) is 17.0 Å². The van der Waals surface area contributed by atoms with E-state index in [0.717, 1.165) is 11.1 Å². The van der Waals surface area contributed by atoms with E-state index in [2.05, 4.69) is 5.32 Å². The molecule has 0 saturated heterocycles. The van der Waals surface area contributed by atoms with E-state index in [4.69, 9.17) is 14.2 Å². The number of rotatable bonds is 8. The summed E-state index contributed by atoms with van der Waals surface area (Å²) in [6.07, 6.45) is -1.75. The molecule has 0 fully saturated rings. The minimum Gasteiger partial charge on any atom is -0.445 e. The molecule has 0 bridgehead atoms. The summed E-state index contributed by atoms with van der Waals surface area (Å²) < 4.78 is 14.7. The smallest absolute Gasteiger partial charge is 0.445 e. The number of benzene rings is 2. The molecule has 0 heterocycles. The first-order chi connectivity index (χ1) is 13.9.